The first-order valence-electron chi connectivity index (χ1n) is 35.5. The van der Waals surface area contributed by atoms with E-state index in [4.69, 9.17) is 80.5 Å². The van der Waals surface area contributed by atoms with E-state index in [-0.39, 0.29) is 0 Å². The quantitative estimate of drug-likeness (QED) is 0.0346. The minimum atomic E-state index is -2.59. The van der Waals surface area contributed by atoms with Crippen molar-refractivity contribution in [2.45, 2.75) is 311 Å². The highest BCUT2D eigenvalue weighted by Crippen LogP contribution is 2.40. The summed E-state index contributed by atoms with van der Waals surface area (Å²) < 4.78 is 102. The van der Waals surface area contributed by atoms with E-state index in [2.05, 4.69) is 21.3 Å². The molecule has 9 aliphatic rings. The molecule has 9 heterocycles. The molecule has 49 nitrogen and oxygen atoms in total. The molecule has 49 heteroatoms. The maximum Gasteiger partial charge on any atom is 0.217 e. The zero-order chi connectivity index (χ0) is 81.8. The van der Waals surface area contributed by atoms with Crippen molar-refractivity contribution >= 4 is 23.6 Å². The lowest BCUT2D eigenvalue weighted by molar-refractivity contribution is -0.401. The molecule has 0 aromatic heterocycles. The van der Waals surface area contributed by atoms with E-state index >= 15 is 0 Å². The molecule has 0 aromatic rings. The highest BCUT2D eigenvalue weighted by molar-refractivity contribution is 5.74. The van der Waals surface area contributed by atoms with E-state index in [1.165, 1.54) is 6.92 Å². The van der Waals surface area contributed by atoms with E-state index in [9.17, 15) is 142 Å². The predicted octanol–water partition coefficient (Wildman–Crippen LogP) is -19.0. The molecule has 9 fully saturated rings. The molecule has 0 spiro atoms. The van der Waals surface area contributed by atoms with Gasteiger partial charge < -0.3 is 224 Å². The van der Waals surface area contributed by atoms with Gasteiger partial charge in [0.05, 0.1) is 59.0 Å². The van der Waals surface area contributed by atoms with Gasteiger partial charge in [-0.15, -0.1) is 0 Å². The summed E-state index contributed by atoms with van der Waals surface area (Å²) in [6.07, 6.45) is -84.2. The molecule has 0 saturated carbocycles. The maximum atomic E-state index is 13.2. The van der Waals surface area contributed by atoms with Crippen molar-refractivity contribution in [2.75, 3.05) is 52.9 Å². The zero-order valence-corrected chi connectivity index (χ0v) is 59.9. The van der Waals surface area contributed by atoms with Gasteiger partial charge in [0.2, 0.25) is 23.6 Å². The number of aliphatic hydroxyl groups is 24. The van der Waals surface area contributed by atoms with Gasteiger partial charge in [-0.2, -0.15) is 0 Å². The molecule has 0 aromatic carbocycles. The number of hydrogen-bond donors (Lipinski definition) is 28. The van der Waals surface area contributed by atoms with Crippen LogP contribution < -0.4 is 21.3 Å². The van der Waals surface area contributed by atoms with Crippen LogP contribution >= 0.6 is 0 Å². The molecule has 642 valence electrons. The fourth-order valence-electron chi connectivity index (χ4n) is 14.3. The summed E-state index contributed by atoms with van der Waals surface area (Å²) >= 11 is 0. The number of ether oxygens (including phenoxy) is 17. The standard InChI is InChI=1S/C62H104N4O45/c1-14-31(77)40(86)44(90)58(97-14)95-12-25-50(37(83)27(54(94)98-25)63-15(2)73)106-56-29(65-17(4)75)38(84)49(24(11-72)103-56)108-61-47(93)52(110-60-46(92)42(88)34(80)21(8-69)101-60)51(109-55-28(64-16(3)74)36(82)32(78)19(6-67)99-55)26(105-61)13-96-62-53(43(89)35(81)22(9-70)102-62)111-57-30(66-18(5)76)39(85)48(23(10-71)104-57)107-59-45(91)41(87)33(79)20(7-68)100-59/h14,19-62,67-72,77-94H,6-13H2,1-5H3,(H,63,73)(H,64,74)(H,65,75)(H,66,76)/t14-,19+,20+,21+,22+,23+,24+,25+,26+,27+,28+,29+,30+,31+,32+,33-,34+,35+,36-,37+,38+,39+,40+,41-,42-,43-,44-,45+,46-,47-,48+,49+,50+,51+,52+,53-,54+,55-,56-,57-,58+,59-,60+,61-,62-/m0/s1. The smallest absolute Gasteiger partial charge is 0.217 e. The number of nitrogens with one attached hydrogen (secondary N) is 4. The Labute approximate surface area is 629 Å². The molecule has 0 radical (unpaired) electrons. The molecule has 45 atom stereocenters. The van der Waals surface area contributed by atoms with Crippen molar-refractivity contribution in [1.82, 2.24) is 21.3 Å². The Kier molecular flexibility index (Phi) is 32.6. The lowest BCUT2D eigenvalue weighted by Crippen LogP contribution is -2.71. The summed E-state index contributed by atoms with van der Waals surface area (Å²) in [6.45, 7) is -3.61. The van der Waals surface area contributed by atoms with E-state index in [0.29, 0.717) is 0 Å². The average molecular weight is 1630 g/mol. The second-order valence-corrected chi connectivity index (χ2v) is 28.2. The second kappa shape index (κ2) is 39.7. The first-order chi connectivity index (χ1) is 52.4. The third-order valence-corrected chi connectivity index (χ3v) is 20.3. The van der Waals surface area contributed by atoms with Gasteiger partial charge in [0.15, 0.2) is 56.6 Å². The highest BCUT2D eigenvalue weighted by Gasteiger charge is 2.61. The number of hydrogen-bond acceptors (Lipinski definition) is 45. The first-order valence-corrected chi connectivity index (χ1v) is 35.5. The molecule has 9 rings (SSSR count). The molecule has 0 bridgehead atoms. The van der Waals surface area contributed by atoms with E-state index in [1.54, 1.807) is 0 Å². The summed E-state index contributed by atoms with van der Waals surface area (Å²) in [7, 11) is 0. The number of carbonyl (C=O) groups is 4. The highest BCUT2D eigenvalue weighted by atomic mass is 16.8. The number of carbonyl (C=O) groups excluding carboxylic acids is 4. The fourth-order valence-corrected chi connectivity index (χ4v) is 14.3. The predicted molar refractivity (Wildman–Crippen MR) is 342 cm³/mol. The van der Waals surface area contributed by atoms with Crippen LogP contribution in [0.1, 0.15) is 34.6 Å². The van der Waals surface area contributed by atoms with Crippen molar-refractivity contribution in [3.8, 4) is 0 Å². The lowest BCUT2D eigenvalue weighted by Gasteiger charge is -2.52. The molecule has 28 N–H and O–H groups in total. The van der Waals surface area contributed by atoms with Crippen molar-refractivity contribution in [3.63, 3.8) is 0 Å². The van der Waals surface area contributed by atoms with Crippen molar-refractivity contribution < 1.29 is 222 Å². The van der Waals surface area contributed by atoms with Crippen LogP contribution in [0.15, 0.2) is 0 Å². The molecule has 0 aliphatic carbocycles. The van der Waals surface area contributed by atoms with Crippen LogP contribution in [-0.4, -0.2) is 475 Å². The van der Waals surface area contributed by atoms with Gasteiger partial charge >= 0.3 is 0 Å². The molecule has 111 heavy (non-hydrogen) atoms. The fraction of sp³-hybridized carbons (Fsp3) is 0.935. The molecule has 9 aliphatic heterocycles. The Morgan fingerprint density at radius 3 is 0.982 bits per heavy atom. The van der Waals surface area contributed by atoms with Crippen molar-refractivity contribution in [1.29, 1.82) is 0 Å². The van der Waals surface area contributed by atoms with Gasteiger partial charge in [0.25, 0.3) is 0 Å². The third kappa shape index (κ3) is 20.3. The third-order valence-electron chi connectivity index (χ3n) is 20.3. The van der Waals surface area contributed by atoms with Crippen LogP contribution in [0.3, 0.4) is 0 Å². The monoisotopic (exact) mass is 1620 g/mol. The summed E-state index contributed by atoms with van der Waals surface area (Å²) in [4.78, 5) is 51.5. The van der Waals surface area contributed by atoms with Crippen LogP contribution in [0.2, 0.25) is 0 Å². The van der Waals surface area contributed by atoms with Crippen LogP contribution in [0.4, 0.5) is 0 Å². The van der Waals surface area contributed by atoms with Gasteiger partial charge in [0.1, 0.15) is 213 Å². The Balaban J connectivity index is 1.09. The molecule has 0 unspecified atom stereocenters. The van der Waals surface area contributed by atoms with Crippen LogP contribution in [0.5, 0.6) is 0 Å². The Morgan fingerprint density at radius 2 is 0.541 bits per heavy atom. The summed E-state index contributed by atoms with van der Waals surface area (Å²) in [5.74, 6) is -3.69. The number of amides is 4. The van der Waals surface area contributed by atoms with Crippen LogP contribution in [-0.2, 0) is 99.7 Å². The SMILES string of the molecule is CC(=O)N[C@@H]1[C@@H](O)[C@H](O[C@@H]2O[C@H](CO)[C@@H](O[C@@H]3O[C@H](CO[C@H]4O[C@H](CO)[C@@H](O)[C@H](O)[C@@H]4O[C@@H]4O[C@H](CO)[C@@H](O[C@@H]5O[C@H](CO)[C@H](O)[C@H](O)[C@H]5O)[C@H](O)[C@H]4NC(C)=O)[C@@H](O[C@@H]4O[C@H](CO)[C@@H](O)[C@@H](O)[C@H]4NC(C)=O)[C@H](O[C@H]4O[C@H](CO)[C@@H](O)[C@H](O)[C@@H]4O)[C@@H]3O)[C@H](O)[C@H]2NC(C)=O)[C@@H](CO[C@@H]2O[C@@H](C)[C@@H](O)[C@@H](O)[C@@H]2O)O[C@H]1O. The van der Waals surface area contributed by atoms with Gasteiger partial charge in [-0.25, -0.2) is 0 Å². The van der Waals surface area contributed by atoms with Crippen LogP contribution in [0.25, 0.3) is 0 Å². The minimum absolute atomic E-state index is 0.833. The minimum Gasteiger partial charge on any atom is -0.394 e. The molecular weight excluding hydrogens is 1520 g/mol. The maximum absolute atomic E-state index is 13.2. The average Bonchev–Trinajstić information content (AvgIpc) is 0.762. The topological polar surface area (TPSA) is 759 Å². The van der Waals surface area contributed by atoms with Crippen molar-refractivity contribution in [2.24, 2.45) is 0 Å². The number of rotatable bonds is 28. The second-order valence-electron chi connectivity index (χ2n) is 28.2. The first kappa shape index (κ1) is 91.1. The van der Waals surface area contributed by atoms with Gasteiger partial charge in [-0.3, -0.25) is 19.2 Å². The molecule has 4 amide bonds. The Morgan fingerprint density at radius 1 is 0.252 bits per heavy atom. The van der Waals surface area contributed by atoms with Crippen LogP contribution in [0, 0.1) is 0 Å². The summed E-state index contributed by atoms with van der Waals surface area (Å²) in [6, 6.07) is -7.58. The van der Waals surface area contributed by atoms with E-state index in [1.807, 2.05) is 0 Å². The van der Waals surface area contributed by atoms with Gasteiger partial charge in [-0.1, -0.05) is 0 Å². The lowest BCUT2D eigenvalue weighted by atomic mass is 9.93. The van der Waals surface area contributed by atoms with E-state index < -0.39 is 353 Å². The molecule has 9 saturated heterocycles. The Hall–Kier alpha value is -3.76. The largest absolute Gasteiger partial charge is 0.394 e. The van der Waals surface area contributed by atoms with Gasteiger partial charge in [0, 0.05) is 27.7 Å². The normalized spacial score (nSPS) is 49.3. The Bertz CT molecular complexity index is 2950. The van der Waals surface area contributed by atoms with E-state index in [0.717, 1.165) is 27.7 Å². The molecular formula is C62H104N4O45. The zero-order valence-electron chi connectivity index (χ0n) is 59.9. The van der Waals surface area contributed by atoms with Crippen molar-refractivity contribution in [3.05, 3.63) is 0 Å². The number of aliphatic hydroxyl groups excluding tert-OH is 24. The summed E-state index contributed by atoms with van der Waals surface area (Å²) in [5, 5.41) is 276. The van der Waals surface area contributed by atoms with Gasteiger partial charge in [-0.05, 0) is 6.92 Å². The summed E-state index contributed by atoms with van der Waals surface area (Å²) in [5.41, 5.74) is 0.